The lowest BCUT2D eigenvalue weighted by molar-refractivity contribution is 0.192. The molecule has 0 saturated heterocycles. The van der Waals surface area contributed by atoms with E-state index in [1.807, 2.05) is 6.92 Å². The summed E-state index contributed by atoms with van der Waals surface area (Å²) in [6, 6.07) is 0. The molecular weight excluding hydrogens is 192 g/mol. The van der Waals surface area contributed by atoms with Crippen LogP contribution in [0.1, 0.15) is 30.4 Å². The number of rotatable bonds is 5. The van der Waals surface area contributed by atoms with Gasteiger partial charge >= 0.3 is 0 Å². The molecule has 4 nitrogen and oxygen atoms in total. The largest absolute Gasteiger partial charge is 0.384 e. The quantitative estimate of drug-likeness (QED) is 0.688. The van der Waals surface area contributed by atoms with Gasteiger partial charge in [-0.3, -0.25) is 0 Å². The number of methoxy groups -OCH3 is 1. The predicted molar refractivity (Wildman–Crippen MR) is 48.8 cm³/mol. The summed E-state index contributed by atoms with van der Waals surface area (Å²) < 4.78 is 9.85. The molecule has 0 N–H and O–H groups in total. The Morgan fingerprint density at radius 1 is 1.62 bits per heavy atom. The standard InChI is InChI=1S/C8H13ClN2O2/c1-3-6(9)8-10-7(13-11-8)4-5-12-2/h6H,3-5H2,1-2H3. The van der Waals surface area contributed by atoms with Gasteiger partial charge in [0.1, 0.15) is 0 Å². The maximum absolute atomic E-state index is 5.92. The fourth-order valence-corrected chi connectivity index (χ4v) is 0.957. The summed E-state index contributed by atoms with van der Waals surface area (Å²) in [5.41, 5.74) is 0. The summed E-state index contributed by atoms with van der Waals surface area (Å²) in [7, 11) is 1.63. The first-order valence-electron chi connectivity index (χ1n) is 4.23. The van der Waals surface area contributed by atoms with Crippen LogP contribution in [0.15, 0.2) is 4.52 Å². The molecular formula is C8H13ClN2O2. The molecule has 13 heavy (non-hydrogen) atoms. The topological polar surface area (TPSA) is 48.2 Å². The Balaban J connectivity index is 2.53. The predicted octanol–water partition coefficient (Wildman–Crippen LogP) is 1.95. The van der Waals surface area contributed by atoms with E-state index in [4.69, 9.17) is 20.9 Å². The number of nitrogens with zero attached hydrogens (tertiary/aromatic N) is 2. The number of alkyl halides is 1. The summed E-state index contributed by atoms with van der Waals surface area (Å²) in [6.45, 7) is 2.56. The fraction of sp³-hybridized carbons (Fsp3) is 0.750. The van der Waals surface area contributed by atoms with Crippen molar-refractivity contribution in [2.24, 2.45) is 0 Å². The molecule has 0 aromatic carbocycles. The van der Waals surface area contributed by atoms with Crippen LogP contribution in [0, 0.1) is 0 Å². The van der Waals surface area contributed by atoms with Crippen molar-refractivity contribution in [3.63, 3.8) is 0 Å². The monoisotopic (exact) mass is 204 g/mol. The molecule has 1 atom stereocenters. The molecule has 0 amide bonds. The molecule has 74 valence electrons. The van der Waals surface area contributed by atoms with E-state index >= 15 is 0 Å². The molecule has 1 aromatic rings. The molecule has 1 rings (SSSR count). The highest BCUT2D eigenvalue weighted by Crippen LogP contribution is 2.20. The van der Waals surface area contributed by atoms with Crippen molar-refractivity contribution in [1.29, 1.82) is 0 Å². The second-order valence-corrected chi connectivity index (χ2v) is 3.19. The minimum absolute atomic E-state index is 0.153. The zero-order valence-electron chi connectivity index (χ0n) is 7.79. The third kappa shape index (κ3) is 2.97. The molecule has 1 heterocycles. The molecule has 0 aliphatic heterocycles. The fourth-order valence-electron chi connectivity index (χ4n) is 0.869. The Hall–Kier alpha value is -0.610. The number of hydrogen-bond acceptors (Lipinski definition) is 4. The van der Waals surface area contributed by atoms with E-state index < -0.39 is 0 Å². The maximum Gasteiger partial charge on any atom is 0.229 e. The summed E-state index contributed by atoms with van der Waals surface area (Å²) in [5.74, 6) is 1.14. The van der Waals surface area contributed by atoms with Crippen molar-refractivity contribution in [2.75, 3.05) is 13.7 Å². The maximum atomic E-state index is 5.92. The highest BCUT2D eigenvalue weighted by Gasteiger charge is 2.13. The lowest BCUT2D eigenvalue weighted by Gasteiger charge is -1.96. The molecule has 0 spiro atoms. The molecule has 0 fully saturated rings. The van der Waals surface area contributed by atoms with Gasteiger partial charge in [-0.25, -0.2) is 0 Å². The van der Waals surface area contributed by atoms with Crippen LogP contribution in [0.4, 0.5) is 0 Å². The minimum atomic E-state index is -0.153. The van der Waals surface area contributed by atoms with Crippen molar-refractivity contribution in [1.82, 2.24) is 10.1 Å². The Bertz CT molecular complexity index is 252. The van der Waals surface area contributed by atoms with E-state index in [2.05, 4.69) is 10.1 Å². The van der Waals surface area contributed by atoms with Crippen molar-refractivity contribution >= 4 is 11.6 Å². The van der Waals surface area contributed by atoms with Gasteiger partial charge in [0.15, 0.2) is 5.82 Å². The number of aromatic nitrogens is 2. The van der Waals surface area contributed by atoms with Gasteiger partial charge in [-0.1, -0.05) is 12.1 Å². The zero-order chi connectivity index (χ0) is 9.68. The first-order chi connectivity index (χ1) is 6.27. The van der Waals surface area contributed by atoms with Gasteiger partial charge in [-0.05, 0) is 6.42 Å². The Labute approximate surface area is 82.2 Å². The molecule has 0 aliphatic carbocycles. The van der Waals surface area contributed by atoms with Crippen LogP contribution in [-0.4, -0.2) is 23.9 Å². The van der Waals surface area contributed by atoms with E-state index in [1.165, 1.54) is 0 Å². The zero-order valence-corrected chi connectivity index (χ0v) is 8.54. The van der Waals surface area contributed by atoms with Gasteiger partial charge in [0.2, 0.25) is 5.89 Å². The van der Waals surface area contributed by atoms with Crippen LogP contribution in [-0.2, 0) is 11.2 Å². The Morgan fingerprint density at radius 2 is 2.38 bits per heavy atom. The number of hydrogen-bond donors (Lipinski definition) is 0. The molecule has 1 aromatic heterocycles. The number of ether oxygens (including phenoxy) is 1. The third-order valence-electron chi connectivity index (χ3n) is 1.64. The van der Waals surface area contributed by atoms with Crippen LogP contribution in [0.25, 0.3) is 0 Å². The summed E-state index contributed by atoms with van der Waals surface area (Å²) in [6.07, 6.45) is 1.43. The van der Waals surface area contributed by atoms with Gasteiger partial charge in [0, 0.05) is 7.11 Å². The van der Waals surface area contributed by atoms with E-state index in [1.54, 1.807) is 7.11 Å². The highest BCUT2D eigenvalue weighted by atomic mass is 35.5. The van der Waals surface area contributed by atoms with Gasteiger partial charge in [-0.15, -0.1) is 11.6 Å². The highest BCUT2D eigenvalue weighted by molar-refractivity contribution is 6.20. The second-order valence-electron chi connectivity index (χ2n) is 2.66. The van der Waals surface area contributed by atoms with Crippen molar-refractivity contribution in [2.45, 2.75) is 25.1 Å². The van der Waals surface area contributed by atoms with Crippen LogP contribution >= 0.6 is 11.6 Å². The van der Waals surface area contributed by atoms with E-state index in [-0.39, 0.29) is 5.38 Å². The normalized spacial score (nSPS) is 13.2. The summed E-state index contributed by atoms with van der Waals surface area (Å²) >= 11 is 5.92. The van der Waals surface area contributed by atoms with Gasteiger partial charge in [-0.2, -0.15) is 4.98 Å². The SMILES string of the molecule is CCC(Cl)c1noc(CCOC)n1. The van der Waals surface area contributed by atoms with Crippen molar-refractivity contribution in [3.8, 4) is 0 Å². The molecule has 0 bridgehead atoms. The average molecular weight is 205 g/mol. The van der Waals surface area contributed by atoms with Gasteiger partial charge in [0.05, 0.1) is 18.4 Å². The van der Waals surface area contributed by atoms with Crippen LogP contribution in [0.5, 0.6) is 0 Å². The Morgan fingerprint density at radius 3 is 3.00 bits per heavy atom. The number of halogens is 1. The van der Waals surface area contributed by atoms with Crippen molar-refractivity contribution in [3.05, 3.63) is 11.7 Å². The van der Waals surface area contributed by atoms with Gasteiger partial charge in [0.25, 0.3) is 0 Å². The summed E-state index contributed by atoms with van der Waals surface area (Å²) in [5, 5.41) is 3.61. The minimum Gasteiger partial charge on any atom is -0.384 e. The third-order valence-corrected chi connectivity index (χ3v) is 2.15. The van der Waals surface area contributed by atoms with Gasteiger partial charge < -0.3 is 9.26 Å². The van der Waals surface area contributed by atoms with E-state index in [9.17, 15) is 0 Å². The average Bonchev–Trinajstić information content (AvgIpc) is 2.62. The lowest BCUT2D eigenvalue weighted by Crippen LogP contribution is -1.96. The molecule has 0 saturated carbocycles. The van der Waals surface area contributed by atoms with E-state index in [0.717, 1.165) is 6.42 Å². The van der Waals surface area contributed by atoms with Crippen molar-refractivity contribution < 1.29 is 9.26 Å². The molecule has 5 heteroatoms. The van der Waals surface area contributed by atoms with Crippen LogP contribution in [0.2, 0.25) is 0 Å². The first kappa shape index (κ1) is 10.5. The van der Waals surface area contributed by atoms with Crippen LogP contribution in [0.3, 0.4) is 0 Å². The molecule has 0 radical (unpaired) electrons. The lowest BCUT2D eigenvalue weighted by atomic mass is 10.3. The van der Waals surface area contributed by atoms with E-state index in [0.29, 0.717) is 24.7 Å². The second kappa shape index (κ2) is 5.19. The Kier molecular flexibility index (Phi) is 4.18. The first-order valence-corrected chi connectivity index (χ1v) is 4.67. The molecule has 1 unspecified atom stereocenters. The summed E-state index contributed by atoms with van der Waals surface area (Å²) in [4.78, 5) is 4.13. The smallest absolute Gasteiger partial charge is 0.229 e. The molecule has 0 aliphatic rings. The van der Waals surface area contributed by atoms with Crippen LogP contribution < -0.4 is 0 Å².